The molecule has 1 atom stereocenters. The van der Waals surface area contributed by atoms with Gasteiger partial charge in [-0.15, -0.1) is 0 Å². The number of nitrogens with two attached hydrogens (primary N) is 1. The summed E-state index contributed by atoms with van der Waals surface area (Å²) in [6.07, 6.45) is -0.135. The molecule has 0 spiro atoms. The Hall–Kier alpha value is -3.15. The van der Waals surface area contributed by atoms with Gasteiger partial charge in [-0.3, -0.25) is 4.79 Å². The van der Waals surface area contributed by atoms with Gasteiger partial charge in [-0.1, -0.05) is 0 Å². The van der Waals surface area contributed by atoms with E-state index in [2.05, 4.69) is 21.6 Å². The minimum Gasteiger partial charge on any atom is -0.497 e. The summed E-state index contributed by atoms with van der Waals surface area (Å²) in [5.41, 5.74) is 10.5. The Morgan fingerprint density at radius 3 is 2.77 bits per heavy atom. The van der Waals surface area contributed by atoms with Gasteiger partial charge in [0.05, 0.1) is 24.1 Å². The number of amides is 1. The van der Waals surface area contributed by atoms with Crippen molar-refractivity contribution in [1.29, 1.82) is 0 Å². The molecule has 1 aromatic heterocycles. The summed E-state index contributed by atoms with van der Waals surface area (Å²) in [6, 6.07) is 13.8. The summed E-state index contributed by atoms with van der Waals surface area (Å²) < 4.78 is 7.66. The van der Waals surface area contributed by atoms with E-state index in [1.807, 2.05) is 36.2 Å². The number of hydrogen-bond donors (Lipinski definition) is 1. The second-order valence-electron chi connectivity index (χ2n) is 6.91. The lowest BCUT2D eigenvalue weighted by Gasteiger charge is -2.46. The first kappa shape index (κ1) is 15.1. The van der Waals surface area contributed by atoms with E-state index < -0.39 is 0 Å². The van der Waals surface area contributed by atoms with Gasteiger partial charge < -0.3 is 24.8 Å². The van der Waals surface area contributed by atoms with Crippen LogP contribution in [0.25, 0.3) is 10.9 Å². The number of rotatable bonds is 1. The number of fused-ring (bicyclic) bond motifs is 6. The van der Waals surface area contributed by atoms with Crippen LogP contribution in [0.1, 0.15) is 22.2 Å². The van der Waals surface area contributed by atoms with Crippen LogP contribution in [-0.2, 0) is 6.54 Å². The van der Waals surface area contributed by atoms with Gasteiger partial charge in [0.1, 0.15) is 11.9 Å². The monoisotopic (exact) mass is 348 g/mol. The van der Waals surface area contributed by atoms with Crippen LogP contribution in [-0.4, -0.2) is 36.1 Å². The molecule has 0 saturated heterocycles. The molecule has 2 aromatic carbocycles. The van der Waals surface area contributed by atoms with Crippen molar-refractivity contribution in [2.75, 3.05) is 31.3 Å². The fraction of sp³-hybridized carbons (Fsp3) is 0.250. The van der Waals surface area contributed by atoms with Crippen LogP contribution in [0, 0.1) is 0 Å². The molecule has 0 aliphatic carbocycles. The van der Waals surface area contributed by atoms with Gasteiger partial charge in [-0.2, -0.15) is 0 Å². The van der Waals surface area contributed by atoms with E-state index in [1.54, 1.807) is 13.2 Å². The molecule has 0 saturated carbocycles. The summed E-state index contributed by atoms with van der Waals surface area (Å²) in [5.74, 6) is 0.903. The molecule has 3 heterocycles. The van der Waals surface area contributed by atoms with Crippen molar-refractivity contribution in [2.24, 2.45) is 0 Å². The molecule has 132 valence electrons. The fourth-order valence-corrected chi connectivity index (χ4v) is 4.28. The van der Waals surface area contributed by atoms with Crippen molar-refractivity contribution in [3.05, 3.63) is 53.7 Å². The maximum atomic E-state index is 13.1. The van der Waals surface area contributed by atoms with E-state index in [9.17, 15) is 4.79 Å². The molecule has 1 unspecified atom stereocenters. The zero-order valence-corrected chi connectivity index (χ0v) is 14.8. The van der Waals surface area contributed by atoms with E-state index in [-0.39, 0.29) is 12.1 Å². The maximum absolute atomic E-state index is 13.1. The largest absolute Gasteiger partial charge is 0.497 e. The SMILES string of the molecule is COc1ccc2c(c1)cc1n2CCN2C(=O)c3ccc(N)cc3N(C)C12. The van der Waals surface area contributed by atoms with Crippen LogP contribution in [0.3, 0.4) is 0 Å². The number of carbonyl (C=O) groups is 1. The topological polar surface area (TPSA) is 63.7 Å². The highest BCUT2D eigenvalue weighted by Crippen LogP contribution is 2.42. The highest BCUT2D eigenvalue weighted by atomic mass is 16.5. The standard InChI is InChI=1S/C20H20N4O2/c1-22-17-11-13(21)3-5-15(17)20(25)24-8-7-23-16-6-4-14(26-2)9-12(16)10-18(23)19(22)24/h3-6,9-11,19H,7-8,21H2,1-2H3. The minimum atomic E-state index is -0.135. The molecule has 0 bridgehead atoms. The number of nitrogen functional groups attached to an aromatic ring is 1. The number of anilines is 2. The van der Waals surface area contributed by atoms with Crippen molar-refractivity contribution < 1.29 is 9.53 Å². The Labute approximate surface area is 151 Å². The zero-order valence-electron chi connectivity index (χ0n) is 14.8. The van der Waals surface area contributed by atoms with Gasteiger partial charge in [-0.25, -0.2) is 0 Å². The molecule has 3 aromatic rings. The Morgan fingerprint density at radius 2 is 1.96 bits per heavy atom. The highest BCUT2D eigenvalue weighted by Gasteiger charge is 2.40. The predicted molar refractivity (Wildman–Crippen MR) is 102 cm³/mol. The Kier molecular flexibility index (Phi) is 3.01. The first-order valence-electron chi connectivity index (χ1n) is 8.69. The molecule has 0 radical (unpaired) electrons. The predicted octanol–water partition coefficient (Wildman–Crippen LogP) is 2.84. The molecule has 5 rings (SSSR count). The Morgan fingerprint density at radius 1 is 1.12 bits per heavy atom. The quantitative estimate of drug-likeness (QED) is 0.687. The van der Waals surface area contributed by atoms with Gasteiger partial charge in [0.15, 0.2) is 0 Å². The number of hydrogen-bond acceptors (Lipinski definition) is 4. The first-order chi connectivity index (χ1) is 12.6. The molecule has 26 heavy (non-hydrogen) atoms. The van der Waals surface area contributed by atoms with Gasteiger partial charge in [-0.05, 0) is 42.5 Å². The number of methoxy groups -OCH3 is 1. The van der Waals surface area contributed by atoms with Gasteiger partial charge >= 0.3 is 0 Å². The summed E-state index contributed by atoms with van der Waals surface area (Å²) >= 11 is 0. The molecule has 2 aliphatic rings. The van der Waals surface area contributed by atoms with Crippen LogP contribution < -0.4 is 15.4 Å². The number of aromatic nitrogens is 1. The fourth-order valence-electron chi connectivity index (χ4n) is 4.28. The van der Waals surface area contributed by atoms with Gasteiger partial charge in [0, 0.05) is 36.7 Å². The summed E-state index contributed by atoms with van der Waals surface area (Å²) in [5, 5.41) is 1.13. The average Bonchev–Trinajstić information content (AvgIpc) is 3.03. The lowest BCUT2D eigenvalue weighted by Crippen LogP contribution is -2.52. The number of nitrogens with zero attached hydrogens (tertiary/aromatic N) is 3. The van der Waals surface area contributed by atoms with Crippen LogP contribution in [0.4, 0.5) is 11.4 Å². The molecule has 0 fully saturated rings. The van der Waals surface area contributed by atoms with Crippen molar-refractivity contribution in [1.82, 2.24) is 9.47 Å². The Bertz CT molecular complexity index is 1060. The Balaban J connectivity index is 1.70. The lowest BCUT2D eigenvalue weighted by molar-refractivity contribution is 0.0602. The number of ether oxygens (including phenoxy) is 1. The van der Waals surface area contributed by atoms with Crippen LogP contribution in [0.2, 0.25) is 0 Å². The van der Waals surface area contributed by atoms with E-state index >= 15 is 0 Å². The third kappa shape index (κ3) is 1.89. The normalized spacial score (nSPS) is 18.5. The summed E-state index contributed by atoms with van der Waals surface area (Å²) in [4.78, 5) is 17.2. The highest BCUT2D eigenvalue weighted by molar-refractivity contribution is 6.03. The third-order valence-electron chi connectivity index (χ3n) is 5.52. The lowest BCUT2D eigenvalue weighted by atomic mass is 10.0. The maximum Gasteiger partial charge on any atom is 0.257 e. The minimum absolute atomic E-state index is 0.0668. The molecule has 6 heteroatoms. The molecular formula is C20H20N4O2. The second kappa shape index (κ2) is 5.17. The van der Waals surface area contributed by atoms with Gasteiger partial charge in [0.25, 0.3) is 5.91 Å². The average molecular weight is 348 g/mol. The summed E-state index contributed by atoms with van der Waals surface area (Å²) in [7, 11) is 3.70. The third-order valence-corrected chi connectivity index (χ3v) is 5.52. The molecule has 6 nitrogen and oxygen atoms in total. The molecular weight excluding hydrogens is 328 g/mol. The van der Waals surface area contributed by atoms with Crippen LogP contribution in [0.15, 0.2) is 42.5 Å². The van der Waals surface area contributed by atoms with E-state index in [0.29, 0.717) is 17.8 Å². The first-order valence-corrected chi connectivity index (χ1v) is 8.69. The van der Waals surface area contributed by atoms with Crippen molar-refractivity contribution in [3.8, 4) is 5.75 Å². The molecule has 2 N–H and O–H groups in total. The van der Waals surface area contributed by atoms with Gasteiger partial charge in [0.2, 0.25) is 0 Å². The van der Waals surface area contributed by atoms with E-state index in [0.717, 1.165) is 29.1 Å². The van der Waals surface area contributed by atoms with Crippen molar-refractivity contribution >= 4 is 28.2 Å². The van der Waals surface area contributed by atoms with Crippen LogP contribution >= 0.6 is 0 Å². The van der Waals surface area contributed by atoms with Crippen LogP contribution in [0.5, 0.6) is 5.75 Å². The van der Waals surface area contributed by atoms with E-state index in [4.69, 9.17) is 10.5 Å². The molecule has 2 aliphatic heterocycles. The zero-order chi connectivity index (χ0) is 18.0. The van der Waals surface area contributed by atoms with E-state index in [1.165, 1.54) is 5.52 Å². The number of carbonyl (C=O) groups excluding carboxylic acids is 1. The van der Waals surface area contributed by atoms with Crippen molar-refractivity contribution in [3.63, 3.8) is 0 Å². The smallest absolute Gasteiger partial charge is 0.257 e. The molecule has 1 amide bonds. The number of benzene rings is 2. The van der Waals surface area contributed by atoms with Crippen molar-refractivity contribution in [2.45, 2.75) is 12.7 Å². The second-order valence-corrected chi connectivity index (χ2v) is 6.91. The summed E-state index contributed by atoms with van der Waals surface area (Å²) in [6.45, 7) is 1.46.